The molecule has 0 fully saturated rings. The lowest BCUT2D eigenvalue weighted by atomic mass is 10.0. The first-order valence-corrected chi connectivity index (χ1v) is 3.70. The van der Waals surface area contributed by atoms with Crippen LogP contribution < -0.4 is 0 Å². The minimum Gasteiger partial charge on any atom is -0.391 e. The van der Waals surface area contributed by atoms with Gasteiger partial charge in [0.2, 0.25) is 5.79 Å². The molecule has 86 valence electrons. The largest absolute Gasteiger partial charge is 0.391 e. The Hall–Kier alpha value is -0.320. The maximum atomic E-state index is 8.97. The fourth-order valence-corrected chi connectivity index (χ4v) is 0.730. The van der Waals surface area contributed by atoms with E-state index in [0.29, 0.717) is 0 Å². The normalized spacial score (nSPS) is 19.5. The summed E-state index contributed by atoms with van der Waals surface area (Å²) in [6, 6.07) is 0. The lowest BCUT2D eigenvalue weighted by molar-refractivity contribution is -0.281. The highest BCUT2D eigenvalue weighted by atomic mass is 16.5. The van der Waals surface area contributed by atoms with Crippen LogP contribution in [-0.4, -0.2) is 77.8 Å². The molecule has 0 aliphatic carbocycles. The topological polar surface area (TPSA) is 162 Å². The molecule has 0 rings (SSSR count). The smallest absolute Gasteiger partial charge is 0.216 e. The summed E-state index contributed by atoms with van der Waals surface area (Å²) in [4.78, 5) is 0. The highest BCUT2D eigenvalue weighted by molar-refractivity contribution is 4.85. The van der Waals surface area contributed by atoms with Crippen molar-refractivity contribution in [3.05, 3.63) is 0 Å². The van der Waals surface area contributed by atoms with E-state index in [1.165, 1.54) is 0 Å². The van der Waals surface area contributed by atoms with Gasteiger partial charge in [0.15, 0.2) is 6.29 Å². The van der Waals surface area contributed by atoms with E-state index in [2.05, 4.69) is 0 Å². The average molecular weight is 214 g/mol. The van der Waals surface area contributed by atoms with Gasteiger partial charge < -0.3 is 40.9 Å². The molecule has 8 N–H and O–H groups in total. The Morgan fingerprint density at radius 2 is 1.29 bits per heavy atom. The molecule has 3 unspecified atom stereocenters. The van der Waals surface area contributed by atoms with Crippen molar-refractivity contribution in [3.63, 3.8) is 0 Å². The highest BCUT2D eigenvalue weighted by Gasteiger charge is 2.42. The van der Waals surface area contributed by atoms with E-state index in [4.69, 9.17) is 40.9 Å². The maximum absolute atomic E-state index is 8.97. The van der Waals surface area contributed by atoms with Crippen LogP contribution in [0.15, 0.2) is 0 Å². The molecule has 3 atom stereocenters. The molecule has 0 aromatic rings. The Morgan fingerprint density at radius 3 is 1.57 bits per heavy atom. The van der Waals surface area contributed by atoms with Crippen molar-refractivity contribution in [1.82, 2.24) is 0 Å². The van der Waals surface area contributed by atoms with Crippen LogP contribution in [0.5, 0.6) is 0 Å². The Balaban J connectivity index is 4.45. The van der Waals surface area contributed by atoms with Gasteiger partial charge in [-0.05, 0) is 0 Å². The van der Waals surface area contributed by atoms with Crippen LogP contribution in [0, 0.1) is 0 Å². The second kappa shape index (κ2) is 4.96. The molecule has 0 spiro atoms. The molecule has 14 heavy (non-hydrogen) atoms. The molecular weight excluding hydrogens is 200 g/mol. The average Bonchev–Trinajstić information content (AvgIpc) is 2.14. The van der Waals surface area contributed by atoms with Crippen molar-refractivity contribution < 1.29 is 40.9 Å². The van der Waals surface area contributed by atoms with Gasteiger partial charge in [-0.25, -0.2) is 0 Å². The van der Waals surface area contributed by atoms with Crippen molar-refractivity contribution in [3.8, 4) is 0 Å². The van der Waals surface area contributed by atoms with Gasteiger partial charge >= 0.3 is 0 Å². The zero-order valence-corrected chi connectivity index (χ0v) is 7.09. The minimum atomic E-state index is -3.03. The number of aliphatic hydroxyl groups excluding tert-OH is 5. The number of hydrogen-bond acceptors (Lipinski definition) is 8. The molecule has 0 radical (unpaired) electrons. The van der Waals surface area contributed by atoms with E-state index in [1.54, 1.807) is 0 Å². The molecule has 0 aliphatic rings. The van der Waals surface area contributed by atoms with Crippen molar-refractivity contribution in [2.45, 2.75) is 30.4 Å². The molecule has 0 saturated heterocycles. The van der Waals surface area contributed by atoms with Gasteiger partial charge in [0, 0.05) is 0 Å². The van der Waals surface area contributed by atoms with E-state index in [-0.39, 0.29) is 0 Å². The molecule has 0 bridgehead atoms. The first kappa shape index (κ1) is 13.7. The van der Waals surface area contributed by atoms with E-state index in [9.17, 15) is 0 Å². The van der Waals surface area contributed by atoms with Crippen molar-refractivity contribution in [2.24, 2.45) is 0 Å². The summed E-state index contributed by atoms with van der Waals surface area (Å²) in [5.41, 5.74) is 0. The zero-order chi connectivity index (χ0) is 11.5. The first-order chi connectivity index (χ1) is 6.24. The molecule has 0 saturated carbocycles. The number of rotatable bonds is 5. The predicted molar refractivity (Wildman–Crippen MR) is 40.5 cm³/mol. The number of aliphatic hydroxyl groups is 8. The fourth-order valence-electron chi connectivity index (χ4n) is 0.730. The SMILES string of the molecule is OCC(O)(O)C(O)C(O)C(O)C(O)O. The maximum Gasteiger partial charge on any atom is 0.216 e. The van der Waals surface area contributed by atoms with Crippen molar-refractivity contribution >= 4 is 0 Å². The highest BCUT2D eigenvalue weighted by Crippen LogP contribution is 2.13. The Labute approximate surface area is 78.9 Å². The Bertz CT molecular complexity index is 169. The van der Waals surface area contributed by atoms with Gasteiger partial charge in [0.05, 0.1) is 6.61 Å². The third kappa shape index (κ3) is 3.12. The van der Waals surface area contributed by atoms with E-state index >= 15 is 0 Å². The lowest BCUT2D eigenvalue weighted by Gasteiger charge is -2.31. The quantitative estimate of drug-likeness (QED) is 0.211. The van der Waals surface area contributed by atoms with Gasteiger partial charge in [-0.1, -0.05) is 0 Å². The predicted octanol–water partition coefficient (Wildman–Crippen LogP) is -4.95. The Morgan fingerprint density at radius 1 is 0.857 bits per heavy atom. The van der Waals surface area contributed by atoms with Crippen LogP contribution in [0.3, 0.4) is 0 Å². The van der Waals surface area contributed by atoms with E-state index in [0.717, 1.165) is 0 Å². The van der Waals surface area contributed by atoms with E-state index < -0.39 is 37.0 Å². The lowest BCUT2D eigenvalue weighted by Crippen LogP contribution is -2.57. The summed E-state index contributed by atoms with van der Waals surface area (Å²) in [5, 5.41) is 69.5. The van der Waals surface area contributed by atoms with Crippen molar-refractivity contribution in [2.75, 3.05) is 6.61 Å². The third-order valence-electron chi connectivity index (χ3n) is 1.69. The summed E-state index contributed by atoms with van der Waals surface area (Å²) in [5.74, 6) is -3.03. The number of hydrogen-bond donors (Lipinski definition) is 8. The van der Waals surface area contributed by atoms with Crippen LogP contribution in [0.2, 0.25) is 0 Å². The van der Waals surface area contributed by atoms with Crippen LogP contribution in [0.4, 0.5) is 0 Å². The standard InChI is InChI=1S/C6H14O8/c7-1-6(13,14)4(10)2(8)3(9)5(11)12/h2-5,7-14H,1H2. The summed E-state index contributed by atoms with van der Waals surface area (Å²) in [6.45, 7) is -1.29. The van der Waals surface area contributed by atoms with Crippen molar-refractivity contribution in [1.29, 1.82) is 0 Å². The summed E-state index contributed by atoms with van der Waals surface area (Å²) < 4.78 is 0. The van der Waals surface area contributed by atoms with Gasteiger partial charge in [-0.15, -0.1) is 0 Å². The minimum absolute atomic E-state index is 1.29. The summed E-state index contributed by atoms with van der Waals surface area (Å²) in [6.07, 6.45) is -9.11. The van der Waals surface area contributed by atoms with Crippen LogP contribution in [-0.2, 0) is 0 Å². The third-order valence-corrected chi connectivity index (χ3v) is 1.69. The first-order valence-electron chi connectivity index (χ1n) is 3.70. The summed E-state index contributed by atoms with van der Waals surface area (Å²) in [7, 11) is 0. The molecule has 0 aliphatic heterocycles. The van der Waals surface area contributed by atoms with Gasteiger partial charge in [0.1, 0.15) is 18.3 Å². The molecule has 0 aromatic carbocycles. The van der Waals surface area contributed by atoms with Crippen LogP contribution in [0.1, 0.15) is 0 Å². The zero-order valence-electron chi connectivity index (χ0n) is 7.09. The Kier molecular flexibility index (Phi) is 4.84. The van der Waals surface area contributed by atoms with Crippen LogP contribution in [0.25, 0.3) is 0 Å². The molecular formula is C6H14O8. The van der Waals surface area contributed by atoms with Crippen LogP contribution >= 0.6 is 0 Å². The molecule has 0 heterocycles. The van der Waals surface area contributed by atoms with E-state index in [1.807, 2.05) is 0 Å². The molecule has 8 nitrogen and oxygen atoms in total. The van der Waals surface area contributed by atoms with Gasteiger partial charge in [0.25, 0.3) is 0 Å². The monoisotopic (exact) mass is 214 g/mol. The molecule has 8 heteroatoms. The second-order valence-corrected chi connectivity index (χ2v) is 2.88. The second-order valence-electron chi connectivity index (χ2n) is 2.88. The molecule has 0 amide bonds. The fraction of sp³-hybridized carbons (Fsp3) is 1.00. The van der Waals surface area contributed by atoms with Gasteiger partial charge in [-0.2, -0.15) is 0 Å². The summed E-state index contributed by atoms with van der Waals surface area (Å²) >= 11 is 0. The molecule has 0 aromatic heterocycles. The van der Waals surface area contributed by atoms with Gasteiger partial charge in [-0.3, -0.25) is 0 Å².